The van der Waals surface area contributed by atoms with Gasteiger partial charge >= 0.3 is 0 Å². The van der Waals surface area contributed by atoms with Crippen molar-refractivity contribution >= 4 is 5.69 Å². The summed E-state index contributed by atoms with van der Waals surface area (Å²) in [7, 11) is 0. The third-order valence-electron chi connectivity index (χ3n) is 2.15. The molecule has 0 atom stereocenters. The fraction of sp³-hybridized carbons (Fsp3) is 0.0833. The molecule has 1 aromatic carbocycles. The van der Waals surface area contributed by atoms with Crippen LogP contribution in [0, 0.1) is 0 Å². The summed E-state index contributed by atoms with van der Waals surface area (Å²) in [5, 5.41) is 0. The number of nitrogens with two attached hydrogens (primary N) is 1. The average Bonchev–Trinajstić information content (AvgIpc) is 2.23. The fourth-order valence-electron chi connectivity index (χ4n) is 1.39. The maximum atomic E-state index is 5.84. The Hall–Kier alpha value is -1.83. The molecule has 0 radical (unpaired) electrons. The van der Waals surface area contributed by atoms with Crippen LogP contribution >= 0.6 is 0 Å². The van der Waals surface area contributed by atoms with Crippen LogP contribution in [0.15, 0.2) is 48.7 Å². The van der Waals surface area contributed by atoms with Crippen LogP contribution in [0.2, 0.25) is 0 Å². The highest BCUT2D eigenvalue weighted by atomic mass is 14.7. The van der Waals surface area contributed by atoms with Gasteiger partial charge in [-0.05, 0) is 23.8 Å². The first-order valence-corrected chi connectivity index (χ1v) is 4.59. The smallest absolute Gasteiger partial charge is 0.0448 e. The number of hydrogen-bond donors (Lipinski definition) is 1. The molecule has 14 heavy (non-hydrogen) atoms. The van der Waals surface area contributed by atoms with Crippen molar-refractivity contribution in [1.82, 2.24) is 4.98 Å². The van der Waals surface area contributed by atoms with Crippen LogP contribution in [0.25, 0.3) is 0 Å². The van der Waals surface area contributed by atoms with Crippen molar-refractivity contribution in [3.05, 3.63) is 59.9 Å². The topological polar surface area (TPSA) is 38.9 Å². The number of nitrogen functional groups attached to an aromatic ring is 1. The van der Waals surface area contributed by atoms with E-state index in [0.717, 1.165) is 23.4 Å². The van der Waals surface area contributed by atoms with E-state index in [1.807, 2.05) is 42.5 Å². The molecule has 2 aromatic rings. The lowest BCUT2D eigenvalue weighted by molar-refractivity contribution is 1.08. The van der Waals surface area contributed by atoms with E-state index in [0.29, 0.717) is 0 Å². The molecule has 0 unspecified atom stereocenters. The number of hydrogen-bond acceptors (Lipinski definition) is 2. The Bertz CT molecular complexity index is 410. The lowest BCUT2D eigenvalue weighted by atomic mass is 10.1. The second-order valence-corrected chi connectivity index (χ2v) is 3.20. The van der Waals surface area contributed by atoms with Crippen molar-refractivity contribution < 1.29 is 0 Å². The van der Waals surface area contributed by atoms with Crippen LogP contribution in [0.1, 0.15) is 11.3 Å². The van der Waals surface area contributed by atoms with Gasteiger partial charge in [0.2, 0.25) is 0 Å². The Morgan fingerprint density at radius 2 is 1.79 bits per heavy atom. The summed E-state index contributed by atoms with van der Waals surface area (Å²) in [6.07, 6.45) is 2.60. The lowest BCUT2D eigenvalue weighted by Crippen LogP contribution is -1.96. The molecule has 0 saturated heterocycles. The summed E-state index contributed by atoms with van der Waals surface area (Å²) < 4.78 is 0. The van der Waals surface area contributed by atoms with Gasteiger partial charge in [0.15, 0.2) is 0 Å². The van der Waals surface area contributed by atoms with Gasteiger partial charge in [-0.2, -0.15) is 0 Å². The standard InChI is InChI=1S/C12H12N2/c13-12-7-2-1-5-10(12)9-11-6-3-4-8-14-11/h1-8H,9,13H2. The summed E-state index contributed by atoms with van der Waals surface area (Å²) in [4.78, 5) is 4.26. The molecule has 0 fully saturated rings. The Balaban J connectivity index is 2.24. The number of aromatic nitrogens is 1. The first-order chi connectivity index (χ1) is 6.86. The number of nitrogens with zero attached hydrogens (tertiary/aromatic N) is 1. The molecule has 0 aliphatic carbocycles. The van der Waals surface area contributed by atoms with Crippen LogP contribution in [0.4, 0.5) is 5.69 Å². The Labute approximate surface area is 83.4 Å². The number of para-hydroxylation sites is 1. The summed E-state index contributed by atoms with van der Waals surface area (Å²) in [5.74, 6) is 0. The predicted molar refractivity (Wildman–Crippen MR) is 57.9 cm³/mol. The van der Waals surface area contributed by atoms with Crippen LogP contribution < -0.4 is 5.73 Å². The maximum Gasteiger partial charge on any atom is 0.0448 e. The van der Waals surface area contributed by atoms with Crippen LogP contribution in [-0.2, 0) is 6.42 Å². The van der Waals surface area contributed by atoms with Gasteiger partial charge in [-0.1, -0.05) is 24.3 Å². The van der Waals surface area contributed by atoms with Gasteiger partial charge in [-0.15, -0.1) is 0 Å². The fourth-order valence-corrected chi connectivity index (χ4v) is 1.39. The molecule has 2 nitrogen and oxygen atoms in total. The first-order valence-electron chi connectivity index (χ1n) is 4.59. The van der Waals surface area contributed by atoms with Crippen LogP contribution in [0.5, 0.6) is 0 Å². The van der Waals surface area contributed by atoms with E-state index in [9.17, 15) is 0 Å². The van der Waals surface area contributed by atoms with Gasteiger partial charge in [0.1, 0.15) is 0 Å². The second kappa shape index (κ2) is 3.92. The Kier molecular flexibility index (Phi) is 2.45. The normalized spacial score (nSPS) is 10.0. The number of rotatable bonds is 2. The highest BCUT2D eigenvalue weighted by molar-refractivity contribution is 5.47. The molecule has 2 rings (SSSR count). The van der Waals surface area contributed by atoms with Crippen LogP contribution in [-0.4, -0.2) is 4.98 Å². The van der Waals surface area contributed by atoms with E-state index in [2.05, 4.69) is 4.98 Å². The maximum absolute atomic E-state index is 5.84. The van der Waals surface area contributed by atoms with Crippen molar-refractivity contribution in [2.75, 3.05) is 5.73 Å². The highest BCUT2D eigenvalue weighted by Crippen LogP contribution is 2.14. The summed E-state index contributed by atoms with van der Waals surface area (Å²) in [6.45, 7) is 0. The van der Waals surface area contributed by atoms with Crippen molar-refractivity contribution in [2.24, 2.45) is 0 Å². The molecule has 0 aliphatic rings. The van der Waals surface area contributed by atoms with Gasteiger partial charge in [-0.25, -0.2) is 0 Å². The third kappa shape index (κ3) is 1.91. The number of benzene rings is 1. The molecule has 0 saturated carbocycles. The first kappa shape index (κ1) is 8.75. The molecule has 0 bridgehead atoms. The molecule has 0 amide bonds. The van der Waals surface area contributed by atoms with Crippen molar-refractivity contribution in [2.45, 2.75) is 6.42 Å². The van der Waals surface area contributed by atoms with E-state index in [-0.39, 0.29) is 0 Å². The minimum Gasteiger partial charge on any atom is -0.398 e. The zero-order chi connectivity index (χ0) is 9.80. The van der Waals surface area contributed by atoms with E-state index < -0.39 is 0 Å². The molecular weight excluding hydrogens is 172 g/mol. The monoisotopic (exact) mass is 184 g/mol. The molecule has 0 spiro atoms. The molecule has 1 aromatic heterocycles. The van der Waals surface area contributed by atoms with E-state index in [4.69, 9.17) is 5.73 Å². The van der Waals surface area contributed by atoms with Gasteiger partial charge in [0, 0.05) is 24.0 Å². The molecule has 2 N–H and O–H groups in total. The lowest BCUT2D eigenvalue weighted by Gasteiger charge is -2.03. The van der Waals surface area contributed by atoms with Gasteiger partial charge < -0.3 is 5.73 Å². The molecule has 70 valence electrons. The molecule has 2 heteroatoms. The van der Waals surface area contributed by atoms with Crippen LogP contribution in [0.3, 0.4) is 0 Å². The summed E-state index contributed by atoms with van der Waals surface area (Å²) in [6, 6.07) is 13.8. The quantitative estimate of drug-likeness (QED) is 0.727. The second-order valence-electron chi connectivity index (χ2n) is 3.20. The Morgan fingerprint density at radius 1 is 1.00 bits per heavy atom. The minimum atomic E-state index is 0.799. The largest absolute Gasteiger partial charge is 0.398 e. The number of anilines is 1. The SMILES string of the molecule is Nc1ccccc1Cc1ccccn1. The summed E-state index contributed by atoms with van der Waals surface area (Å²) in [5.41, 5.74) is 8.85. The molecule has 1 heterocycles. The van der Waals surface area contributed by atoms with E-state index >= 15 is 0 Å². The van der Waals surface area contributed by atoms with Crippen molar-refractivity contribution in [3.8, 4) is 0 Å². The summed E-state index contributed by atoms with van der Waals surface area (Å²) >= 11 is 0. The Morgan fingerprint density at radius 3 is 2.50 bits per heavy atom. The predicted octanol–water partition coefficient (Wildman–Crippen LogP) is 2.25. The third-order valence-corrected chi connectivity index (χ3v) is 2.15. The van der Waals surface area contributed by atoms with E-state index in [1.165, 1.54) is 0 Å². The van der Waals surface area contributed by atoms with E-state index in [1.54, 1.807) is 6.20 Å². The molecular formula is C12H12N2. The minimum absolute atomic E-state index is 0.799. The average molecular weight is 184 g/mol. The molecule has 0 aliphatic heterocycles. The van der Waals surface area contributed by atoms with Gasteiger partial charge in [0.25, 0.3) is 0 Å². The zero-order valence-electron chi connectivity index (χ0n) is 7.85. The highest BCUT2D eigenvalue weighted by Gasteiger charge is 1.99. The van der Waals surface area contributed by atoms with Gasteiger partial charge in [-0.3, -0.25) is 4.98 Å². The van der Waals surface area contributed by atoms with Crippen molar-refractivity contribution in [3.63, 3.8) is 0 Å². The van der Waals surface area contributed by atoms with Crippen molar-refractivity contribution in [1.29, 1.82) is 0 Å². The van der Waals surface area contributed by atoms with Gasteiger partial charge in [0.05, 0.1) is 0 Å². The number of pyridine rings is 1. The zero-order valence-corrected chi connectivity index (χ0v) is 7.85.